The van der Waals surface area contributed by atoms with Crippen LogP contribution in [0.5, 0.6) is 0 Å². The number of anilines is 2. The van der Waals surface area contributed by atoms with E-state index in [1.54, 1.807) is 29.2 Å². The maximum absolute atomic E-state index is 12.7. The van der Waals surface area contributed by atoms with Gasteiger partial charge < -0.3 is 25.4 Å². The van der Waals surface area contributed by atoms with Crippen LogP contribution in [-0.4, -0.2) is 59.1 Å². The van der Waals surface area contributed by atoms with E-state index in [1.165, 1.54) is 37.1 Å². The third kappa shape index (κ3) is 6.93. The van der Waals surface area contributed by atoms with Gasteiger partial charge in [-0.1, -0.05) is 6.07 Å². The van der Waals surface area contributed by atoms with Crippen molar-refractivity contribution in [3.63, 3.8) is 0 Å². The summed E-state index contributed by atoms with van der Waals surface area (Å²) in [5.41, 5.74) is 1.57. The number of rotatable bonds is 8. The summed E-state index contributed by atoms with van der Waals surface area (Å²) in [6.45, 7) is 2.36. The normalized spacial score (nSPS) is 12.7. The number of amides is 3. The van der Waals surface area contributed by atoms with E-state index in [-0.39, 0.29) is 17.6 Å². The number of hydrogen-bond donors (Lipinski definition) is 3. The highest BCUT2D eigenvalue weighted by molar-refractivity contribution is 8.00. The number of carbonyl (C=O) groups excluding carboxylic acids is 4. The fourth-order valence-corrected chi connectivity index (χ4v) is 5.41. The number of esters is 1. The first-order valence-electron chi connectivity index (χ1n) is 10.4. The minimum Gasteiger partial charge on any atom is -0.478 e. The second kappa shape index (κ2) is 11.7. The zero-order valence-electron chi connectivity index (χ0n) is 19.0. The molecule has 184 valence electrons. The molecule has 0 spiro atoms. The van der Waals surface area contributed by atoms with E-state index in [2.05, 4.69) is 10.6 Å². The number of carboxylic acid groups (broad SMARTS) is 1. The van der Waals surface area contributed by atoms with Crippen LogP contribution in [0.2, 0.25) is 0 Å². The molecule has 1 aliphatic heterocycles. The standard InChI is InChI=1S/C23H23N3O7S2/c1-13(27)26-9-8-16-17(11-26)35-22(21(16)23(32)33-2)25-19(29)12-34-15-5-3-4-14(10-15)24-18(28)6-7-20(30)31/h3-7,10H,8-9,11-12H2,1-2H3,(H,24,28)(H,25,29)(H,30,31)/b7-6+. The van der Waals surface area contributed by atoms with Crippen molar-refractivity contribution in [1.29, 1.82) is 0 Å². The Balaban J connectivity index is 1.66. The monoisotopic (exact) mass is 517 g/mol. The number of nitrogens with zero attached hydrogens (tertiary/aromatic N) is 1. The first-order chi connectivity index (χ1) is 16.7. The molecule has 3 N–H and O–H groups in total. The molecule has 10 nitrogen and oxygen atoms in total. The second-order valence-corrected chi connectivity index (χ2v) is 9.57. The number of hydrogen-bond acceptors (Lipinski definition) is 8. The number of aliphatic carboxylic acids is 1. The van der Waals surface area contributed by atoms with E-state index in [4.69, 9.17) is 9.84 Å². The van der Waals surface area contributed by atoms with E-state index in [1.807, 2.05) is 0 Å². The van der Waals surface area contributed by atoms with E-state index < -0.39 is 17.8 Å². The van der Waals surface area contributed by atoms with Crippen molar-refractivity contribution in [2.45, 2.75) is 24.8 Å². The zero-order chi connectivity index (χ0) is 25.5. The van der Waals surface area contributed by atoms with Crippen LogP contribution >= 0.6 is 23.1 Å². The van der Waals surface area contributed by atoms with Crippen LogP contribution in [0, 0.1) is 0 Å². The van der Waals surface area contributed by atoms with Crippen molar-refractivity contribution in [2.24, 2.45) is 0 Å². The summed E-state index contributed by atoms with van der Waals surface area (Å²) in [5.74, 6) is -2.70. The number of fused-ring (bicyclic) bond motifs is 1. The lowest BCUT2D eigenvalue weighted by atomic mass is 10.0. The Morgan fingerprint density at radius 1 is 1.20 bits per heavy atom. The highest BCUT2D eigenvalue weighted by Gasteiger charge is 2.30. The first-order valence-corrected chi connectivity index (χ1v) is 12.2. The molecule has 0 unspecified atom stereocenters. The predicted octanol–water partition coefficient (Wildman–Crippen LogP) is 2.75. The fourth-order valence-electron chi connectivity index (χ4n) is 3.38. The van der Waals surface area contributed by atoms with Gasteiger partial charge in [0, 0.05) is 41.1 Å². The second-order valence-electron chi connectivity index (χ2n) is 7.42. The molecular weight excluding hydrogens is 494 g/mol. The van der Waals surface area contributed by atoms with Crippen LogP contribution in [0.4, 0.5) is 10.7 Å². The maximum atomic E-state index is 12.7. The van der Waals surface area contributed by atoms with Gasteiger partial charge in [0.25, 0.3) is 0 Å². The highest BCUT2D eigenvalue weighted by Crippen LogP contribution is 2.38. The van der Waals surface area contributed by atoms with Crippen molar-refractivity contribution in [2.75, 3.05) is 30.0 Å². The van der Waals surface area contributed by atoms with Gasteiger partial charge in [0.1, 0.15) is 5.00 Å². The molecule has 1 aliphatic rings. The molecule has 35 heavy (non-hydrogen) atoms. The SMILES string of the molecule is COC(=O)c1c(NC(=O)CSc2cccc(NC(=O)/C=C/C(=O)O)c2)sc2c1CCN(C(C)=O)C2. The van der Waals surface area contributed by atoms with Gasteiger partial charge in [0.15, 0.2) is 0 Å². The Hall–Kier alpha value is -3.64. The van der Waals surface area contributed by atoms with Crippen LogP contribution in [0.15, 0.2) is 41.3 Å². The quantitative estimate of drug-likeness (QED) is 0.276. The average Bonchev–Trinajstić information content (AvgIpc) is 3.18. The summed E-state index contributed by atoms with van der Waals surface area (Å²) in [7, 11) is 1.28. The Kier molecular flexibility index (Phi) is 8.66. The molecule has 12 heteroatoms. The maximum Gasteiger partial charge on any atom is 0.341 e. The number of benzene rings is 1. The van der Waals surface area contributed by atoms with Crippen LogP contribution in [0.25, 0.3) is 0 Å². The van der Waals surface area contributed by atoms with E-state index in [0.717, 1.165) is 22.6 Å². The third-order valence-corrected chi connectivity index (χ3v) is 7.12. The van der Waals surface area contributed by atoms with E-state index >= 15 is 0 Å². The number of ether oxygens (including phenoxy) is 1. The summed E-state index contributed by atoms with van der Waals surface area (Å²) in [4.78, 5) is 62.4. The highest BCUT2D eigenvalue weighted by atomic mass is 32.2. The van der Waals surface area contributed by atoms with Gasteiger partial charge in [-0.25, -0.2) is 9.59 Å². The summed E-state index contributed by atoms with van der Waals surface area (Å²) in [6, 6.07) is 6.76. The Labute approximate surface area is 209 Å². The summed E-state index contributed by atoms with van der Waals surface area (Å²) < 4.78 is 4.92. The number of nitrogens with one attached hydrogen (secondary N) is 2. The number of thioether (sulfide) groups is 1. The Morgan fingerprint density at radius 2 is 1.97 bits per heavy atom. The average molecular weight is 518 g/mol. The molecule has 1 aromatic carbocycles. The molecule has 0 fully saturated rings. The van der Waals surface area contributed by atoms with Crippen LogP contribution in [0.1, 0.15) is 27.7 Å². The molecule has 0 atom stereocenters. The third-order valence-electron chi connectivity index (χ3n) is 4.99. The largest absolute Gasteiger partial charge is 0.478 e. The number of carbonyl (C=O) groups is 5. The molecule has 2 aromatic rings. The molecule has 0 saturated carbocycles. The molecule has 3 amide bonds. The summed E-state index contributed by atoms with van der Waals surface area (Å²) in [6.07, 6.45) is 2.15. The van der Waals surface area contributed by atoms with Gasteiger partial charge in [-0.15, -0.1) is 23.1 Å². The van der Waals surface area contributed by atoms with Gasteiger partial charge in [-0.3, -0.25) is 14.4 Å². The molecule has 3 rings (SSSR count). The van der Waals surface area contributed by atoms with Crippen molar-refractivity contribution in [3.8, 4) is 0 Å². The summed E-state index contributed by atoms with van der Waals surface area (Å²) >= 11 is 2.49. The van der Waals surface area contributed by atoms with Crippen molar-refractivity contribution >= 4 is 63.4 Å². The Morgan fingerprint density at radius 3 is 2.66 bits per heavy atom. The van der Waals surface area contributed by atoms with Crippen LogP contribution in [-0.2, 0) is 36.9 Å². The lowest BCUT2D eigenvalue weighted by Gasteiger charge is -2.25. The molecule has 2 heterocycles. The lowest BCUT2D eigenvalue weighted by Crippen LogP contribution is -2.33. The molecule has 0 radical (unpaired) electrons. The molecule has 0 bridgehead atoms. The van der Waals surface area contributed by atoms with Crippen LogP contribution < -0.4 is 10.6 Å². The smallest absolute Gasteiger partial charge is 0.341 e. The van der Waals surface area contributed by atoms with Crippen molar-refractivity contribution in [3.05, 3.63) is 52.4 Å². The van der Waals surface area contributed by atoms with Crippen LogP contribution in [0.3, 0.4) is 0 Å². The molecule has 1 aromatic heterocycles. The number of methoxy groups -OCH3 is 1. The zero-order valence-corrected chi connectivity index (χ0v) is 20.6. The minimum atomic E-state index is -1.23. The summed E-state index contributed by atoms with van der Waals surface area (Å²) in [5, 5.41) is 14.3. The number of thiophene rings is 1. The van der Waals surface area contributed by atoms with Crippen molar-refractivity contribution < 1.29 is 33.8 Å². The first kappa shape index (κ1) is 26.0. The minimum absolute atomic E-state index is 0.0407. The van der Waals surface area contributed by atoms with Gasteiger partial charge in [-0.2, -0.15) is 0 Å². The molecule has 0 aliphatic carbocycles. The van der Waals surface area contributed by atoms with Gasteiger partial charge in [0.2, 0.25) is 17.7 Å². The van der Waals surface area contributed by atoms with Gasteiger partial charge >= 0.3 is 11.9 Å². The lowest BCUT2D eigenvalue weighted by molar-refractivity contribution is -0.132. The topological polar surface area (TPSA) is 142 Å². The number of carboxylic acids is 1. The predicted molar refractivity (Wildman–Crippen MR) is 132 cm³/mol. The molecular formula is C23H23N3O7S2. The fraction of sp³-hybridized carbons (Fsp3) is 0.261. The van der Waals surface area contributed by atoms with E-state index in [9.17, 15) is 24.0 Å². The van der Waals surface area contributed by atoms with E-state index in [0.29, 0.717) is 40.7 Å². The van der Waals surface area contributed by atoms with Crippen molar-refractivity contribution in [1.82, 2.24) is 4.90 Å². The van der Waals surface area contributed by atoms with Gasteiger partial charge in [-0.05, 0) is 30.2 Å². The Bertz CT molecular complexity index is 1210. The van der Waals surface area contributed by atoms with Gasteiger partial charge in [0.05, 0.1) is 25.0 Å². The molecule has 0 saturated heterocycles.